The molecule has 4 N–H and O–H groups in total. The van der Waals surface area contributed by atoms with Crippen molar-refractivity contribution in [2.75, 3.05) is 52.6 Å². The first-order valence-electron chi connectivity index (χ1n) is 12.5. The van der Waals surface area contributed by atoms with Crippen LogP contribution in [0.15, 0.2) is 18.2 Å². The van der Waals surface area contributed by atoms with Gasteiger partial charge in [-0.2, -0.15) is 0 Å². The fourth-order valence-corrected chi connectivity index (χ4v) is 4.28. The van der Waals surface area contributed by atoms with Crippen molar-refractivity contribution in [2.45, 2.75) is 60.3 Å². The Morgan fingerprint density at radius 1 is 0.743 bits per heavy atom. The van der Waals surface area contributed by atoms with Crippen LogP contribution in [0.25, 0.3) is 0 Å². The molecule has 8 nitrogen and oxygen atoms in total. The molecular weight excluding hydrogens is 448 g/mol. The van der Waals surface area contributed by atoms with Crippen LogP contribution in [-0.4, -0.2) is 94.6 Å². The van der Waals surface area contributed by atoms with Gasteiger partial charge in [0.25, 0.3) is 11.8 Å². The number of carbonyl (C=O) groups is 2. The minimum atomic E-state index is -0.372. The van der Waals surface area contributed by atoms with E-state index in [4.69, 9.17) is 0 Å². The molecule has 0 aliphatic carbocycles. The van der Waals surface area contributed by atoms with Crippen LogP contribution in [-0.2, 0) is 0 Å². The van der Waals surface area contributed by atoms with Crippen LogP contribution < -0.4 is 0 Å². The van der Waals surface area contributed by atoms with Gasteiger partial charge in [0.2, 0.25) is 0 Å². The van der Waals surface area contributed by atoms with E-state index in [0.717, 1.165) is 18.4 Å². The highest BCUT2D eigenvalue weighted by Gasteiger charge is 2.34. The molecular formula is C27H46N2O6. The van der Waals surface area contributed by atoms with Gasteiger partial charge in [-0.25, -0.2) is 0 Å². The van der Waals surface area contributed by atoms with Gasteiger partial charge in [0, 0.05) is 37.3 Å². The molecule has 200 valence electrons. The van der Waals surface area contributed by atoms with Gasteiger partial charge in [-0.15, -0.1) is 0 Å². The number of aliphatic hydroxyl groups excluding tert-OH is 4. The summed E-state index contributed by atoms with van der Waals surface area (Å²) < 4.78 is 0. The fourth-order valence-electron chi connectivity index (χ4n) is 4.28. The largest absolute Gasteiger partial charge is 0.395 e. The second-order valence-corrected chi connectivity index (χ2v) is 11.0. The maximum Gasteiger partial charge on any atom is 0.254 e. The standard InChI is InChI=1S/C27H46N2O6/c1-7-27(5,6)23(19-26(2,3)4)20-16-21(24(34)28(8-12-30)9-13-31)18-22(17-20)25(35)29(10-14-32)11-15-33/h16-18,23,30-33H,7-15,19H2,1-6H3. The molecule has 1 unspecified atom stereocenters. The third kappa shape index (κ3) is 9.18. The van der Waals surface area contributed by atoms with E-state index >= 15 is 0 Å². The van der Waals surface area contributed by atoms with E-state index in [2.05, 4.69) is 41.5 Å². The van der Waals surface area contributed by atoms with E-state index in [0.29, 0.717) is 11.1 Å². The Labute approximate surface area is 210 Å². The van der Waals surface area contributed by atoms with Crippen LogP contribution in [0.2, 0.25) is 0 Å². The Hall–Kier alpha value is -2.00. The van der Waals surface area contributed by atoms with E-state index in [9.17, 15) is 30.0 Å². The summed E-state index contributed by atoms with van der Waals surface area (Å²) in [5, 5.41) is 37.7. The van der Waals surface area contributed by atoms with Crippen molar-refractivity contribution in [3.05, 3.63) is 34.9 Å². The summed E-state index contributed by atoms with van der Waals surface area (Å²) in [6.45, 7) is 12.3. The average molecular weight is 495 g/mol. The maximum absolute atomic E-state index is 13.4. The van der Waals surface area contributed by atoms with Crippen LogP contribution in [0.4, 0.5) is 0 Å². The molecule has 0 bridgehead atoms. The van der Waals surface area contributed by atoms with Crippen LogP contribution >= 0.6 is 0 Å². The summed E-state index contributed by atoms with van der Waals surface area (Å²) in [6.07, 6.45) is 1.74. The van der Waals surface area contributed by atoms with Crippen LogP contribution in [0.3, 0.4) is 0 Å². The predicted molar refractivity (Wildman–Crippen MR) is 137 cm³/mol. The van der Waals surface area contributed by atoms with Gasteiger partial charge in [-0.05, 0) is 46.9 Å². The lowest BCUT2D eigenvalue weighted by Gasteiger charge is -2.38. The topological polar surface area (TPSA) is 122 Å². The third-order valence-corrected chi connectivity index (χ3v) is 6.58. The molecule has 8 heteroatoms. The third-order valence-electron chi connectivity index (χ3n) is 6.58. The van der Waals surface area contributed by atoms with Crippen molar-refractivity contribution < 1.29 is 30.0 Å². The number of rotatable bonds is 14. The van der Waals surface area contributed by atoms with E-state index < -0.39 is 0 Å². The predicted octanol–water partition coefficient (Wildman–Crippen LogP) is 2.50. The number of aliphatic hydroxyl groups is 4. The number of benzene rings is 1. The molecule has 0 heterocycles. The molecule has 0 aromatic heterocycles. The van der Waals surface area contributed by atoms with Gasteiger partial charge in [-0.3, -0.25) is 9.59 Å². The summed E-state index contributed by atoms with van der Waals surface area (Å²) in [5.74, 6) is -0.688. The van der Waals surface area contributed by atoms with Gasteiger partial charge in [0.05, 0.1) is 26.4 Å². The molecule has 0 aliphatic rings. The second kappa shape index (κ2) is 13.9. The van der Waals surface area contributed by atoms with Gasteiger partial charge >= 0.3 is 0 Å². The normalized spacial score (nSPS) is 13.0. The number of nitrogens with zero attached hydrogens (tertiary/aromatic N) is 2. The first kappa shape index (κ1) is 31.0. The van der Waals surface area contributed by atoms with Gasteiger partial charge in [0.1, 0.15) is 0 Å². The summed E-state index contributed by atoms with van der Waals surface area (Å²) >= 11 is 0. The first-order valence-corrected chi connectivity index (χ1v) is 12.5. The van der Waals surface area contributed by atoms with Crippen LogP contribution in [0, 0.1) is 10.8 Å². The molecule has 0 radical (unpaired) electrons. The van der Waals surface area contributed by atoms with Gasteiger partial charge in [0.15, 0.2) is 0 Å². The average Bonchev–Trinajstić information content (AvgIpc) is 2.80. The number of hydrogen-bond donors (Lipinski definition) is 4. The Morgan fingerprint density at radius 3 is 1.40 bits per heavy atom. The van der Waals surface area contributed by atoms with Crippen molar-refractivity contribution in [3.63, 3.8) is 0 Å². The number of amides is 2. The monoisotopic (exact) mass is 494 g/mol. The highest BCUT2D eigenvalue weighted by atomic mass is 16.3. The molecule has 1 aromatic carbocycles. The lowest BCUT2D eigenvalue weighted by atomic mass is 9.66. The quantitative estimate of drug-likeness (QED) is 0.315. The molecule has 2 amide bonds. The number of hydrogen-bond acceptors (Lipinski definition) is 6. The molecule has 1 rings (SSSR count). The minimum absolute atomic E-state index is 0.000909. The van der Waals surface area contributed by atoms with Crippen LogP contribution in [0.5, 0.6) is 0 Å². The SMILES string of the molecule is CCC(C)(C)C(CC(C)(C)C)c1cc(C(=O)N(CCO)CCO)cc(C(=O)N(CCO)CCO)c1. The molecule has 0 aliphatic heterocycles. The molecule has 0 fully saturated rings. The zero-order valence-corrected chi connectivity index (χ0v) is 22.4. The highest BCUT2D eigenvalue weighted by Crippen LogP contribution is 2.45. The fraction of sp³-hybridized carbons (Fsp3) is 0.704. The van der Waals surface area contributed by atoms with Crippen molar-refractivity contribution in [1.82, 2.24) is 9.80 Å². The van der Waals surface area contributed by atoms with Crippen LogP contribution in [0.1, 0.15) is 86.6 Å². The Morgan fingerprint density at radius 2 is 1.11 bits per heavy atom. The highest BCUT2D eigenvalue weighted by molar-refractivity contribution is 6.00. The van der Waals surface area contributed by atoms with Gasteiger partial charge in [-0.1, -0.05) is 48.0 Å². The Bertz CT molecular complexity index is 760. The number of carbonyl (C=O) groups excluding carboxylic acids is 2. The summed E-state index contributed by atoms with van der Waals surface area (Å²) in [5.41, 5.74) is 1.39. The zero-order valence-electron chi connectivity index (χ0n) is 22.4. The van der Waals surface area contributed by atoms with E-state index in [1.54, 1.807) is 0 Å². The van der Waals surface area contributed by atoms with Gasteiger partial charge < -0.3 is 30.2 Å². The summed E-state index contributed by atoms with van der Waals surface area (Å²) in [4.78, 5) is 29.5. The van der Waals surface area contributed by atoms with E-state index in [-0.39, 0.29) is 81.2 Å². The summed E-state index contributed by atoms with van der Waals surface area (Å²) in [7, 11) is 0. The molecule has 35 heavy (non-hydrogen) atoms. The Balaban J connectivity index is 3.75. The first-order chi connectivity index (χ1) is 16.3. The van der Waals surface area contributed by atoms with Crippen molar-refractivity contribution in [3.8, 4) is 0 Å². The van der Waals surface area contributed by atoms with Crippen molar-refractivity contribution >= 4 is 11.8 Å². The zero-order chi connectivity index (χ0) is 26.8. The minimum Gasteiger partial charge on any atom is -0.395 e. The van der Waals surface area contributed by atoms with E-state index in [1.807, 2.05) is 12.1 Å². The lowest BCUT2D eigenvalue weighted by molar-refractivity contribution is 0.0679. The molecule has 1 atom stereocenters. The maximum atomic E-state index is 13.4. The second-order valence-electron chi connectivity index (χ2n) is 11.0. The molecule has 0 saturated carbocycles. The van der Waals surface area contributed by atoms with E-state index in [1.165, 1.54) is 15.9 Å². The lowest BCUT2D eigenvalue weighted by Crippen LogP contribution is -2.37. The molecule has 0 spiro atoms. The van der Waals surface area contributed by atoms with Crippen molar-refractivity contribution in [1.29, 1.82) is 0 Å². The molecule has 0 saturated heterocycles. The Kier molecular flexibility index (Phi) is 12.3. The summed E-state index contributed by atoms with van der Waals surface area (Å²) in [6, 6.07) is 5.19. The molecule has 1 aromatic rings. The smallest absolute Gasteiger partial charge is 0.254 e. The van der Waals surface area contributed by atoms with Crippen molar-refractivity contribution in [2.24, 2.45) is 10.8 Å².